The summed E-state index contributed by atoms with van der Waals surface area (Å²) in [5.74, 6) is -1.26. The highest BCUT2D eigenvalue weighted by atomic mass is 35.5. The van der Waals surface area contributed by atoms with Crippen LogP contribution in [0.15, 0.2) is 12.3 Å². The number of aliphatic carboxylic acids is 1. The Balaban J connectivity index is 2.84. The van der Waals surface area contributed by atoms with Gasteiger partial charge in [0.25, 0.3) is 5.91 Å². The predicted molar refractivity (Wildman–Crippen MR) is 73.5 cm³/mol. The van der Waals surface area contributed by atoms with E-state index in [-0.39, 0.29) is 5.92 Å². The molecule has 0 radical (unpaired) electrons. The summed E-state index contributed by atoms with van der Waals surface area (Å²) in [6, 6.07) is 0.653. The molecule has 0 unspecified atom stereocenters. The summed E-state index contributed by atoms with van der Waals surface area (Å²) in [7, 11) is 0. The topological polar surface area (TPSA) is 71.3 Å². The molecule has 106 valence electrons. The third kappa shape index (κ3) is 4.28. The van der Waals surface area contributed by atoms with Crippen molar-refractivity contribution in [3.8, 4) is 0 Å². The molecule has 1 atom stereocenters. The molecule has 2 N–H and O–H groups in total. The van der Waals surface area contributed by atoms with Crippen LogP contribution in [0.4, 0.5) is 0 Å². The number of nitrogens with one attached hydrogen (secondary N) is 1. The molecule has 6 heteroatoms. The molecule has 1 aromatic rings. The van der Waals surface area contributed by atoms with Crippen LogP contribution in [-0.4, -0.2) is 27.6 Å². The fourth-order valence-electron chi connectivity index (χ4n) is 1.85. The molecule has 1 amide bonds. The fourth-order valence-corrected chi connectivity index (χ4v) is 2.07. The van der Waals surface area contributed by atoms with Crippen molar-refractivity contribution >= 4 is 23.5 Å². The number of hydrogen-bond donors (Lipinski definition) is 2. The molecule has 0 aliphatic heterocycles. The molecule has 19 heavy (non-hydrogen) atoms. The van der Waals surface area contributed by atoms with Gasteiger partial charge in [0, 0.05) is 12.7 Å². The Hall–Kier alpha value is -1.49. The maximum Gasteiger partial charge on any atom is 0.326 e. The lowest BCUT2D eigenvalue weighted by Crippen LogP contribution is -2.42. The molecule has 1 aromatic heterocycles. The largest absolute Gasteiger partial charge is 0.480 e. The molecule has 0 aliphatic rings. The number of halogens is 1. The smallest absolute Gasteiger partial charge is 0.326 e. The van der Waals surface area contributed by atoms with Gasteiger partial charge in [0.1, 0.15) is 11.7 Å². The van der Waals surface area contributed by atoms with Crippen molar-refractivity contribution in [2.24, 2.45) is 5.92 Å². The van der Waals surface area contributed by atoms with E-state index in [1.165, 1.54) is 6.07 Å². The van der Waals surface area contributed by atoms with E-state index in [4.69, 9.17) is 16.7 Å². The summed E-state index contributed by atoms with van der Waals surface area (Å²) in [5.41, 5.74) is 0.377. The summed E-state index contributed by atoms with van der Waals surface area (Å²) >= 11 is 5.85. The van der Waals surface area contributed by atoms with Crippen molar-refractivity contribution in [2.75, 3.05) is 0 Å². The third-order valence-electron chi connectivity index (χ3n) is 2.75. The first-order valence-corrected chi connectivity index (χ1v) is 6.62. The van der Waals surface area contributed by atoms with Crippen LogP contribution in [-0.2, 0) is 11.3 Å². The Labute approximate surface area is 117 Å². The van der Waals surface area contributed by atoms with Gasteiger partial charge in [-0.1, -0.05) is 25.4 Å². The van der Waals surface area contributed by atoms with Crippen molar-refractivity contribution < 1.29 is 14.7 Å². The number of aryl methyl sites for hydroxylation is 1. The summed E-state index contributed by atoms with van der Waals surface area (Å²) in [6.45, 7) is 6.30. The highest BCUT2D eigenvalue weighted by molar-refractivity contribution is 6.31. The van der Waals surface area contributed by atoms with Crippen LogP contribution in [0, 0.1) is 5.92 Å². The van der Waals surface area contributed by atoms with Gasteiger partial charge in [0.05, 0.1) is 5.02 Å². The van der Waals surface area contributed by atoms with Crippen LogP contribution in [0.3, 0.4) is 0 Å². The van der Waals surface area contributed by atoms with Gasteiger partial charge in [-0.25, -0.2) is 4.79 Å². The molecule has 0 saturated carbocycles. The molecule has 0 fully saturated rings. The lowest BCUT2D eigenvalue weighted by Gasteiger charge is -2.16. The molecule has 0 bridgehead atoms. The van der Waals surface area contributed by atoms with Gasteiger partial charge >= 0.3 is 5.97 Å². The molecule has 1 rings (SSSR count). The van der Waals surface area contributed by atoms with Crippen molar-refractivity contribution in [3.05, 3.63) is 23.0 Å². The second kappa shape index (κ2) is 6.61. The first-order chi connectivity index (χ1) is 8.85. The normalized spacial score (nSPS) is 12.5. The van der Waals surface area contributed by atoms with Gasteiger partial charge in [-0.3, -0.25) is 4.79 Å². The lowest BCUT2D eigenvalue weighted by atomic mass is 10.0. The minimum absolute atomic E-state index is 0.183. The average Bonchev–Trinajstić information content (AvgIpc) is 2.68. The molecule has 0 spiro atoms. The van der Waals surface area contributed by atoms with E-state index in [0.29, 0.717) is 23.7 Å². The molecule has 0 aromatic carbocycles. The monoisotopic (exact) mass is 286 g/mol. The van der Waals surface area contributed by atoms with Crippen LogP contribution in [0.1, 0.15) is 37.7 Å². The maximum atomic E-state index is 12.1. The van der Waals surface area contributed by atoms with Crippen LogP contribution >= 0.6 is 11.6 Å². The molecule has 1 heterocycles. The number of rotatable bonds is 6. The van der Waals surface area contributed by atoms with Crippen molar-refractivity contribution in [2.45, 2.75) is 39.8 Å². The van der Waals surface area contributed by atoms with Gasteiger partial charge < -0.3 is 15.0 Å². The summed E-state index contributed by atoms with van der Waals surface area (Å²) < 4.78 is 1.69. The zero-order chi connectivity index (χ0) is 14.6. The zero-order valence-electron chi connectivity index (χ0n) is 11.3. The number of carboxylic acid groups (broad SMARTS) is 1. The Kier molecular flexibility index (Phi) is 5.42. The van der Waals surface area contributed by atoms with Gasteiger partial charge in [0.2, 0.25) is 0 Å². The zero-order valence-corrected chi connectivity index (χ0v) is 12.1. The van der Waals surface area contributed by atoms with E-state index < -0.39 is 17.9 Å². The van der Waals surface area contributed by atoms with Gasteiger partial charge in [-0.05, 0) is 25.3 Å². The summed E-state index contributed by atoms with van der Waals surface area (Å²) in [5, 5.41) is 12.1. The predicted octanol–water partition coefficient (Wildman–Crippen LogP) is 2.39. The van der Waals surface area contributed by atoms with Crippen LogP contribution < -0.4 is 5.32 Å². The highest BCUT2D eigenvalue weighted by Gasteiger charge is 2.23. The van der Waals surface area contributed by atoms with E-state index in [1.54, 1.807) is 10.8 Å². The second-order valence-corrected chi connectivity index (χ2v) is 5.26. The number of aromatic nitrogens is 1. The number of nitrogens with zero attached hydrogens (tertiary/aromatic N) is 1. The number of carbonyl (C=O) groups excluding carboxylic acids is 1. The number of carbonyl (C=O) groups is 2. The van der Waals surface area contributed by atoms with Gasteiger partial charge in [0.15, 0.2) is 0 Å². The minimum Gasteiger partial charge on any atom is -0.480 e. The van der Waals surface area contributed by atoms with E-state index in [9.17, 15) is 9.59 Å². The third-order valence-corrected chi connectivity index (χ3v) is 2.95. The van der Waals surface area contributed by atoms with Crippen LogP contribution in [0.25, 0.3) is 0 Å². The fraction of sp³-hybridized carbons (Fsp3) is 0.538. The number of amides is 1. The van der Waals surface area contributed by atoms with Crippen molar-refractivity contribution in [1.29, 1.82) is 0 Å². The van der Waals surface area contributed by atoms with Crippen LogP contribution in [0.2, 0.25) is 5.02 Å². The molecule has 5 nitrogen and oxygen atoms in total. The number of carboxylic acids is 1. The average molecular weight is 287 g/mol. The van der Waals surface area contributed by atoms with E-state index in [1.807, 2.05) is 20.8 Å². The first kappa shape index (κ1) is 15.6. The summed E-state index contributed by atoms with van der Waals surface area (Å²) in [6.07, 6.45) is 2.04. The number of hydrogen-bond acceptors (Lipinski definition) is 2. The van der Waals surface area contributed by atoms with Crippen molar-refractivity contribution in [1.82, 2.24) is 9.88 Å². The second-order valence-electron chi connectivity index (χ2n) is 4.82. The lowest BCUT2D eigenvalue weighted by molar-refractivity contribution is -0.139. The molecule has 0 aliphatic carbocycles. The van der Waals surface area contributed by atoms with E-state index in [0.717, 1.165) is 0 Å². The van der Waals surface area contributed by atoms with Gasteiger partial charge in [-0.2, -0.15) is 0 Å². The first-order valence-electron chi connectivity index (χ1n) is 6.24. The standard InChI is InChI=1S/C13H19ClN2O3/c1-4-16-7-9(14)6-11(16)12(17)15-10(13(18)19)5-8(2)3/h6-8,10H,4-5H2,1-3H3,(H,15,17)(H,18,19)/t10-/m0/s1. The molecular weight excluding hydrogens is 268 g/mol. The quantitative estimate of drug-likeness (QED) is 0.843. The Bertz CT molecular complexity index is 468. The Morgan fingerprint density at radius 1 is 1.47 bits per heavy atom. The van der Waals surface area contributed by atoms with Crippen molar-refractivity contribution in [3.63, 3.8) is 0 Å². The molecule has 0 saturated heterocycles. The highest BCUT2D eigenvalue weighted by Crippen LogP contribution is 2.15. The van der Waals surface area contributed by atoms with E-state index in [2.05, 4.69) is 5.32 Å². The SMILES string of the molecule is CCn1cc(Cl)cc1C(=O)N[C@@H](CC(C)C)C(=O)O. The minimum atomic E-state index is -1.03. The summed E-state index contributed by atoms with van der Waals surface area (Å²) in [4.78, 5) is 23.2. The maximum absolute atomic E-state index is 12.1. The Morgan fingerprint density at radius 2 is 2.11 bits per heavy atom. The Morgan fingerprint density at radius 3 is 2.58 bits per heavy atom. The van der Waals surface area contributed by atoms with Gasteiger partial charge in [-0.15, -0.1) is 0 Å². The van der Waals surface area contributed by atoms with E-state index >= 15 is 0 Å². The molecular formula is C13H19ClN2O3. The van der Waals surface area contributed by atoms with Crippen LogP contribution in [0.5, 0.6) is 0 Å².